The molecule has 1 saturated heterocycles. The molecule has 2 aromatic carbocycles. The second kappa shape index (κ2) is 8.39. The number of piperidine rings is 1. The Labute approximate surface area is 158 Å². The van der Waals surface area contributed by atoms with Gasteiger partial charge in [0.05, 0.1) is 20.3 Å². The molecule has 144 valence electrons. The highest BCUT2D eigenvalue weighted by atomic mass is 19.1. The van der Waals surface area contributed by atoms with Crippen LogP contribution in [-0.4, -0.2) is 42.8 Å². The summed E-state index contributed by atoms with van der Waals surface area (Å²) in [6.45, 7) is 0.610. The third-order valence-electron chi connectivity index (χ3n) is 5.06. The predicted octanol–water partition coefficient (Wildman–Crippen LogP) is 3.87. The predicted molar refractivity (Wildman–Crippen MR) is 99.8 cm³/mol. The minimum atomic E-state index is -0.863. The SMILES string of the molecule is COc1cccc(C(c2cc(F)ccc2OC)N2CCCCC2C(=O)O)c1. The van der Waals surface area contributed by atoms with E-state index in [4.69, 9.17) is 9.47 Å². The van der Waals surface area contributed by atoms with Gasteiger partial charge in [0, 0.05) is 5.56 Å². The van der Waals surface area contributed by atoms with E-state index in [1.54, 1.807) is 13.2 Å². The van der Waals surface area contributed by atoms with Gasteiger partial charge >= 0.3 is 5.97 Å². The van der Waals surface area contributed by atoms with Crippen molar-refractivity contribution in [2.24, 2.45) is 0 Å². The molecule has 1 heterocycles. The maximum Gasteiger partial charge on any atom is 0.320 e. The Balaban J connectivity index is 2.17. The summed E-state index contributed by atoms with van der Waals surface area (Å²) in [6, 6.07) is 10.7. The van der Waals surface area contributed by atoms with Crippen molar-refractivity contribution in [3.05, 3.63) is 59.4 Å². The van der Waals surface area contributed by atoms with E-state index in [0.29, 0.717) is 30.0 Å². The highest BCUT2D eigenvalue weighted by Gasteiger charge is 2.36. The van der Waals surface area contributed by atoms with Crippen LogP contribution in [0.15, 0.2) is 42.5 Å². The quantitative estimate of drug-likeness (QED) is 0.833. The van der Waals surface area contributed by atoms with Crippen LogP contribution in [0, 0.1) is 5.82 Å². The number of carbonyl (C=O) groups is 1. The first-order chi connectivity index (χ1) is 13.0. The minimum Gasteiger partial charge on any atom is -0.497 e. The van der Waals surface area contributed by atoms with Crippen molar-refractivity contribution in [1.82, 2.24) is 4.90 Å². The second-order valence-corrected chi connectivity index (χ2v) is 6.65. The molecule has 0 aromatic heterocycles. The van der Waals surface area contributed by atoms with Crippen molar-refractivity contribution in [2.75, 3.05) is 20.8 Å². The number of halogens is 1. The van der Waals surface area contributed by atoms with Gasteiger partial charge in [-0.05, 0) is 55.3 Å². The van der Waals surface area contributed by atoms with E-state index in [1.807, 2.05) is 29.2 Å². The number of carboxylic acids is 1. The zero-order chi connectivity index (χ0) is 19.4. The van der Waals surface area contributed by atoms with E-state index in [-0.39, 0.29) is 5.82 Å². The molecule has 1 aliphatic heterocycles. The third-order valence-corrected chi connectivity index (χ3v) is 5.06. The molecular formula is C21H24FNO4. The molecule has 1 N–H and O–H groups in total. The van der Waals surface area contributed by atoms with Gasteiger partial charge in [-0.3, -0.25) is 9.69 Å². The Morgan fingerprint density at radius 3 is 2.70 bits per heavy atom. The molecule has 0 amide bonds. The summed E-state index contributed by atoms with van der Waals surface area (Å²) in [4.78, 5) is 13.8. The molecular weight excluding hydrogens is 349 g/mol. The van der Waals surface area contributed by atoms with Crippen LogP contribution in [-0.2, 0) is 4.79 Å². The fourth-order valence-electron chi connectivity index (χ4n) is 3.81. The molecule has 1 fully saturated rings. The molecule has 2 aromatic rings. The lowest BCUT2D eigenvalue weighted by molar-refractivity contribution is -0.145. The van der Waals surface area contributed by atoms with Crippen molar-refractivity contribution in [1.29, 1.82) is 0 Å². The fourth-order valence-corrected chi connectivity index (χ4v) is 3.81. The second-order valence-electron chi connectivity index (χ2n) is 6.65. The number of benzene rings is 2. The van der Waals surface area contributed by atoms with Crippen LogP contribution in [0.1, 0.15) is 36.4 Å². The van der Waals surface area contributed by atoms with Crippen LogP contribution in [0.2, 0.25) is 0 Å². The molecule has 0 bridgehead atoms. The number of hydrogen-bond donors (Lipinski definition) is 1. The van der Waals surface area contributed by atoms with Gasteiger partial charge in [0.15, 0.2) is 0 Å². The van der Waals surface area contributed by atoms with Crippen molar-refractivity contribution < 1.29 is 23.8 Å². The van der Waals surface area contributed by atoms with Gasteiger partial charge in [-0.15, -0.1) is 0 Å². The normalized spacial score (nSPS) is 18.7. The van der Waals surface area contributed by atoms with Gasteiger partial charge in [-0.2, -0.15) is 0 Å². The van der Waals surface area contributed by atoms with Gasteiger partial charge in [0.2, 0.25) is 0 Å². The summed E-state index contributed by atoms with van der Waals surface area (Å²) in [5, 5.41) is 9.76. The molecule has 2 unspecified atom stereocenters. The molecule has 1 aliphatic rings. The van der Waals surface area contributed by atoms with Gasteiger partial charge in [0.25, 0.3) is 0 Å². The number of likely N-dealkylation sites (tertiary alicyclic amines) is 1. The van der Waals surface area contributed by atoms with Crippen molar-refractivity contribution in [3.8, 4) is 11.5 Å². The molecule has 0 saturated carbocycles. The number of methoxy groups -OCH3 is 2. The van der Waals surface area contributed by atoms with E-state index in [9.17, 15) is 14.3 Å². The minimum absolute atomic E-state index is 0.386. The Hall–Kier alpha value is -2.60. The summed E-state index contributed by atoms with van der Waals surface area (Å²) in [6.07, 6.45) is 2.31. The van der Waals surface area contributed by atoms with Gasteiger partial charge in [-0.25, -0.2) is 4.39 Å². The lowest BCUT2D eigenvalue weighted by Crippen LogP contribution is -2.47. The molecule has 0 radical (unpaired) electrons. The Kier molecular flexibility index (Phi) is 5.96. The molecule has 0 spiro atoms. The van der Waals surface area contributed by atoms with E-state index in [0.717, 1.165) is 18.4 Å². The molecule has 6 heteroatoms. The number of hydrogen-bond acceptors (Lipinski definition) is 4. The first kappa shape index (κ1) is 19.2. The summed E-state index contributed by atoms with van der Waals surface area (Å²) in [5.41, 5.74) is 1.45. The first-order valence-corrected chi connectivity index (χ1v) is 9.01. The standard InChI is InChI=1S/C21H24FNO4/c1-26-16-7-5-6-14(12-16)20(17-13-15(22)9-10-19(17)27-2)23-11-4-3-8-18(23)21(24)25/h5-7,9-10,12-13,18,20H,3-4,8,11H2,1-2H3,(H,24,25). The average Bonchev–Trinajstić information content (AvgIpc) is 2.69. The number of ether oxygens (including phenoxy) is 2. The zero-order valence-corrected chi connectivity index (χ0v) is 15.5. The number of rotatable bonds is 6. The van der Waals surface area contributed by atoms with Crippen LogP contribution >= 0.6 is 0 Å². The van der Waals surface area contributed by atoms with E-state index in [1.165, 1.54) is 19.2 Å². The van der Waals surface area contributed by atoms with Crippen molar-refractivity contribution in [3.63, 3.8) is 0 Å². The number of carboxylic acid groups (broad SMARTS) is 1. The molecule has 0 aliphatic carbocycles. The van der Waals surface area contributed by atoms with Gasteiger partial charge in [-0.1, -0.05) is 18.6 Å². The lowest BCUT2D eigenvalue weighted by Gasteiger charge is -2.40. The zero-order valence-electron chi connectivity index (χ0n) is 15.5. The van der Waals surface area contributed by atoms with Crippen LogP contribution in [0.25, 0.3) is 0 Å². The summed E-state index contributed by atoms with van der Waals surface area (Å²) < 4.78 is 24.9. The summed E-state index contributed by atoms with van der Waals surface area (Å²) in [5.74, 6) is -0.0590. The molecule has 5 nitrogen and oxygen atoms in total. The Morgan fingerprint density at radius 1 is 1.19 bits per heavy atom. The van der Waals surface area contributed by atoms with E-state index < -0.39 is 18.1 Å². The highest BCUT2D eigenvalue weighted by Crippen LogP contribution is 2.39. The van der Waals surface area contributed by atoms with Crippen molar-refractivity contribution >= 4 is 5.97 Å². The van der Waals surface area contributed by atoms with Gasteiger partial charge in [0.1, 0.15) is 23.4 Å². The monoisotopic (exact) mass is 373 g/mol. The lowest BCUT2D eigenvalue weighted by atomic mass is 9.91. The highest BCUT2D eigenvalue weighted by molar-refractivity contribution is 5.73. The number of aliphatic carboxylic acids is 1. The molecule has 27 heavy (non-hydrogen) atoms. The van der Waals surface area contributed by atoms with Crippen molar-refractivity contribution in [2.45, 2.75) is 31.3 Å². The fraction of sp³-hybridized carbons (Fsp3) is 0.381. The van der Waals surface area contributed by atoms with Crippen LogP contribution in [0.3, 0.4) is 0 Å². The summed E-state index contributed by atoms with van der Waals surface area (Å²) >= 11 is 0. The largest absolute Gasteiger partial charge is 0.497 e. The Morgan fingerprint density at radius 2 is 2.00 bits per heavy atom. The van der Waals surface area contributed by atoms with Crippen LogP contribution in [0.4, 0.5) is 4.39 Å². The maximum atomic E-state index is 14.1. The third kappa shape index (κ3) is 4.06. The molecule has 2 atom stereocenters. The topological polar surface area (TPSA) is 59.0 Å². The summed E-state index contributed by atoms with van der Waals surface area (Å²) in [7, 11) is 3.11. The van der Waals surface area contributed by atoms with Crippen LogP contribution in [0.5, 0.6) is 11.5 Å². The number of nitrogens with zero attached hydrogens (tertiary/aromatic N) is 1. The maximum absolute atomic E-state index is 14.1. The van der Waals surface area contributed by atoms with E-state index in [2.05, 4.69) is 0 Å². The smallest absolute Gasteiger partial charge is 0.320 e. The van der Waals surface area contributed by atoms with E-state index >= 15 is 0 Å². The van der Waals surface area contributed by atoms with Crippen LogP contribution < -0.4 is 9.47 Å². The molecule has 3 rings (SSSR count). The Bertz CT molecular complexity index is 811. The first-order valence-electron chi connectivity index (χ1n) is 9.01. The average molecular weight is 373 g/mol. The van der Waals surface area contributed by atoms with Gasteiger partial charge < -0.3 is 14.6 Å².